The van der Waals surface area contributed by atoms with Crippen LogP contribution < -0.4 is 21.7 Å². The van der Waals surface area contributed by atoms with Crippen molar-refractivity contribution in [2.24, 2.45) is 5.73 Å². The van der Waals surface area contributed by atoms with Gasteiger partial charge in [-0.3, -0.25) is 14.4 Å². The fourth-order valence-electron chi connectivity index (χ4n) is 4.60. The third-order valence-electron chi connectivity index (χ3n) is 7.12. The van der Waals surface area contributed by atoms with E-state index in [0.717, 1.165) is 69.5 Å². The van der Waals surface area contributed by atoms with Gasteiger partial charge >= 0.3 is 12.1 Å². The first kappa shape index (κ1) is 39.8. The second kappa shape index (κ2) is 22.3. The molecule has 0 unspecified atom stereocenters. The lowest BCUT2D eigenvalue weighted by molar-refractivity contribution is -0.192. The molecule has 1 fully saturated rings. The fraction of sp³-hybridized carbons (Fsp3) is 0.429. The number of rotatable bonds is 17. The summed E-state index contributed by atoms with van der Waals surface area (Å²) in [4.78, 5) is 49.4. The second-order valence-corrected chi connectivity index (χ2v) is 11.1. The number of ketones is 1. The number of carboxylic acids is 1. The van der Waals surface area contributed by atoms with Crippen molar-refractivity contribution < 1.29 is 37.5 Å². The maximum absolute atomic E-state index is 13.3. The minimum absolute atomic E-state index is 0.0488. The van der Waals surface area contributed by atoms with Crippen LogP contribution in [0, 0.1) is 0 Å². The van der Waals surface area contributed by atoms with E-state index in [1.807, 2.05) is 72.8 Å². The molecule has 0 aromatic heterocycles. The van der Waals surface area contributed by atoms with Gasteiger partial charge in [0.05, 0.1) is 0 Å². The molecule has 2 aromatic carbocycles. The Kier molecular flexibility index (Phi) is 18.5. The number of Topliss-reactive ketones (excluding diaryl/α,β-unsaturated/α-hetero) is 1. The predicted octanol–water partition coefficient (Wildman–Crippen LogP) is 3.79. The van der Waals surface area contributed by atoms with Crippen LogP contribution in [0.2, 0.25) is 0 Å². The van der Waals surface area contributed by atoms with Crippen molar-refractivity contribution in [3.05, 3.63) is 82.9 Å². The van der Waals surface area contributed by atoms with Crippen LogP contribution in [0.4, 0.5) is 13.2 Å². The Morgan fingerprint density at radius 3 is 1.67 bits per heavy atom. The highest BCUT2D eigenvalue weighted by molar-refractivity contribution is 6.15. The van der Waals surface area contributed by atoms with Crippen molar-refractivity contribution in [1.82, 2.24) is 20.9 Å². The highest BCUT2D eigenvalue weighted by Gasteiger charge is 2.38. The number of nitrogens with one attached hydrogen (secondary N) is 3. The molecule has 2 amide bonds. The Hall–Kier alpha value is -4.33. The molecule has 0 atom stereocenters. The van der Waals surface area contributed by atoms with Gasteiger partial charge in [-0.15, -0.1) is 0 Å². The number of aliphatic carboxylic acids is 1. The SMILES string of the molecule is NCCCNCCCCNCCCNC(=O)CCC(=O)N1C/C(=C\c2ccccc2)C(=O)/C(=C/c2ccccc2)C1.O=C(O)C(F)(F)F. The van der Waals surface area contributed by atoms with E-state index in [4.69, 9.17) is 15.6 Å². The molecule has 1 saturated heterocycles. The Labute approximate surface area is 279 Å². The van der Waals surface area contributed by atoms with E-state index in [2.05, 4.69) is 16.0 Å². The summed E-state index contributed by atoms with van der Waals surface area (Å²) in [5.41, 5.74) is 8.43. The van der Waals surface area contributed by atoms with Crippen LogP contribution in [-0.2, 0) is 19.2 Å². The van der Waals surface area contributed by atoms with E-state index in [1.165, 1.54) is 0 Å². The third kappa shape index (κ3) is 16.5. The molecule has 0 spiro atoms. The van der Waals surface area contributed by atoms with Gasteiger partial charge in [0.1, 0.15) is 0 Å². The molecule has 1 aliphatic heterocycles. The van der Waals surface area contributed by atoms with E-state index in [-0.39, 0.29) is 43.5 Å². The normalized spacial score (nSPS) is 14.8. The van der Waals surface area contributed by atoms with Crippen molar-refractivity contribution in [1.29, 1.82) is 0 Å². The molecule has 1 heterocycles. The molecule has 10 nitrogen and oxygen atoms in total. The molecule has 6 N–H and O–H groups in total. The first-order valence-corrected chi connectivity index (χ1v) is 16.0. The quantitative estimate of drug-likeness (QED) is 0.126. The number of benzene rings is 2. The number of carbonyl (C=O) groups is 4. The second-order valence-electron chi connectivity index (χ2n) is 11.1. The van der Waals surface area contributed by atoms with E-state index >= 15 is 0 Å². The summed E-state index contributed by atoms with van der Waals surface area (Å²) in [6.45, 7) is 5.56. The number of unbranched alkanes of at least 4 members (excludes halogenated alkanes) is 1. The monoisotopic (exact) mass is 673 g/mol. The molecule has 13 heteroatoms. The van der Waals surface area contributed by atoms with Crippen LogP contribution in [0.15, 0.2) is 71.8 Å². The van der Waals surface area contributed by atoms with Crippen molar-refractivity contribution in [2.45, 2.75) is 44.7 Å². The van der Waals surface area contributed by atoms with Crippen molar-refractivity contribution in [3.63, 3.8) is 0 Å². The predicted molar refractivity (Wildman–Crippen MR) is 180 cm³/mol. The Balaban J connectivity index is 0.00000103. The van der Waals surface area contributed by atoms with Gasteiger partial charge in [0.15, 0.2) is 5.78 Å². The number of alkyl halides is 3. The minimum Gasteiger partial charge on any atom is -0.475 e. The van der Waals surface area contributed by atoms with Gasteiger partial charge in [-0.1, -0.05) is 60.7 Å². The molecular formula is C35H46F3N5O5. The van der Waals surface area contributed by atoms with Gasteiger partial charge < -0.3 is 31.7 Å². The number of nitrogens with two attached hydrogens (primary N) is 1. The number of nitrogens with zero attached hydrogens (tertiary/aromatic N) is 1. The number of hydrogen-bond acceptors (Lipinski definition) is 7. The highest BCUT2D eigenvalue weighted by Crippen LogP contribution is 2.23. The maximum Gasteiger partial charge on any atom is 0.490 e. The van der Waals surface area contributed by atoms with Gasteiger partial charge in [-0.25, -0.2) is 4.79 Å². The first-order chi connectivity index (χ1) is 23.0. The Bertz CT molecular complexity index is 1290. The van der Waals surface area contributed by atoms with Crippen molar-refractivity contribution in [2.75, 3.05) is 52.4 Å². The topological polar surface area (TPSA) is 154 Å². The molecule has 2 aromatic rings. The number of likely N-dealkylation sites (tertiary alicyclic amines) is 1. The number of hydrogen-bond donors (Lipinski definition) is 5. The molecule has 0 saturated carbocycles. The summed E-state index contributed by atoms with van der Waals surface area (Å²) in [6, 6.07) is 19.3. The zero-order valence-electron chi connectivity index (χ0n) is 27.1. The van der Waals surface area contributed by atoms with E-state index in [9.17, 15) is 27.6 Å². The summed E-state index contributed by atoms with van der Waals surface area (Å²) in [7, 11) is 0. The average Bonchev–Trinajstić information content (AvgIpc) is 3.06. The van der Waals surface area contributed by atoms with Crippen molar-refractivity contribution in [3.8, 4) is 0 Å². The molecular weight excluding hydrogens is 627 g/mol. The molecule has 0 radical (unpaired) electrons. The smallest absolute Gasteiger partial charge is 0.475 e. The first-order valence-electron chi connectivity index (χ1n) is 16.0. The fourth-order valence-corrected chi connectivity index (χ4v) is 4.60. The van der Waals surface area contributed by atoms with E-state index in [1.54, 1.807) is 4.90 Å². The van der Waals surface area contributed by atoms with Gasteiger partial charge in [0, 0.05) is 43.6 Å². The van der Waals surface area contributed by atoms with Crippen LogP contribution in [0.5, 0.6) is 0 Å². The van der Waals surface area contributed by atoms with Gasteiger partial charge in [0.25, 0.3) is 0 Å². The van der Waals surface area contributed by atoms with Gasteiger partial charge in [0.2, 0.25) is 11.8 Å². The third-order valence-corrected chi connectivity index (χ3v) is 7.12. The standard InChI is InChI=1S/C33H45N5O3.C2HF3O2/c34-17-9-20-35-18-7-8-19-36-21-10-22-37-31(39)15-16-32(40)38-25-29(23-27-11-3-1-4-12-27)33(41)30(26-38)24-28-13-5-2-6-14-28;3-2(4,5)1(6)7/h1-6,11-14,23-24,35-36H,7-10,15-22,25-26,34H2,(H,37,39);(H,6,7)/b29-23+,30-24+;. The van der Waals surface area contributed by atoms with E-state index in [0.29, 0.717) is 17.7 Å². The minimum atomic E-state index is -5.08. The van der Waals surface area contributed by atoms with Gasteiger partial charge in [-0.05, 0) is 81.7 Å². The number of piperidine rings is 1. The average molecular weight is 674 g/mol. The van der Waals surface area contributed by atoms with Gasteiger partial charge in [-0.2, -0.15) is 13.2 Å². The molecule has 0 bridgehead atoms. The summed E-state index contributed by atoms with van der Waals surface area (Å²) in [5, 5.41) is 16.8. The largest absolute Gasteiger partial charge is 0.490 e. The number of amides is 2. The molecule has 1 aliphatic rings. The molecule has 0 aliphatic carbocycles. The van der Waals surface area contributed by atoms with Crippen LogP contribution in [-0.4, -0.2) is 92.1 Å². The Morgan fingerprint density at radius 2 is 1.21 bits per heavy atom. The molecule has 3 rings (SSSR count). The summed E-state index contributed by atoms with van der Waals surface area (Å²) >= 11 is 0. The summed E-state index contributed by atoms with van der Waals surface area (Å²) in [5.74, 6) is -3.07. The van der Waals surface area contributed by atoms with Crippen LogP contribution in [0.3, 0.4) is 0 Å². The molecule has 262 valence electrons. The molecule has 48 heavy (non-hydrogen) atoms. The van der Waals surface area contributed by atoms with E-state index < -0.39 is 12.1 Å². The Morgan fingerprint density at radius 1 is 0.750 bits per heavy atom. The van der Waals surface area contributed by atoms with Crippen LogP contribution in [0.25, 0.3) is 12.2 Å². The number of carbonyl (C=O) groups excluding carboxylic acids is 3. The van der Waals surface area contributed by atoms with Crippen LogP contribution >= 0.6 is 0 Å². The van der Waals surface area contributed by atoms with Crippen molar-refractivity contribution >= 4 is 35.7 Å². The summed E-state index contributed by atoms with van der Waals surface area (Å²) in [6.07, 6.45) is 2.93. The zero-order chi connectivity index (χ0) is 35.2. The lowest BCUT2D eigenvalue weighted by Crippen LogP contribution is -2.42. The number of carboxylic acid groups (broad SMARTS) is 1. The lowest BCUT2D eigenvalue weighted by Gasteiger charge is -2.30. The lowest BCUT2D eigenvalue weighted by atomic mass is 9.94. The summed E-state index contributed by atoms with van der Waals surface area (Å²) < 4.78 is 31.7. The maximum atomic E-state index is 13.3. The number of halogens is 3. The van der Waals surface area contributed by atoms with Crippen LogP contribution in [0.1, 0.15) is 49.7 Å². The zero-order valence-corrected chi connectivity index (χ0v) is 27.1. The highest BCUT2D eigenvalue weighted by atomic mass is 19.4.